The van der Waals surface area contributed by atoms with Gasteiger partial charge in [-0.15, -0.1) is 0 Å². The molecule has 1 aromatic rings. The van der Waals surface area contributed by atoms with Crippen molar-refractivity contribution in [3.8, 4) is 0 Å². The molecule has 0 aromatic carbocycles. The summed E-state index contributed by atoms with van der Waals surface area (Å²) < 4.78 is 0. The third-order valence-corrected chi connectivity index (χ3v) is 2.35. The monoisotopic (exact) mass is 223 g/mol. The minimum atomic E-state index is -0.822. The van der Waals surface area contributed by atoms with E-state index in [4.69, 9.17) is 5.11 Å². The molecule has 0 aliphatic heterocycles. The van der Waals surface area contributed by atoms with Gasteiger partial charge in [0.25, 0.3) is 0 Å². The summed E-state index contributed by atoms with van der Waals surface area (Å²) in [6.07, 6.45) is 6.28. The maximum Gasteiger partial charge on any atom is 0.320 e. The van der Waals surface area contributed by atoms with Crippen LogP contribution in [0.15, 0.2) is 18.6 Å². The first-order chi connectivity index (χ1) is 7.65. The maximum atomic E-state index is 11.0. The minimum Gasteiger partial charge on any atom is -0.480 e. The molecule has 0 bridgehead atoms. The lowest BCUT2D eigenvalue weighted by atomic mass is 10.1. The Morgan fingerprint density at radius 2 is 2.31 bits per heavy atom. The lowest BCUT2D eigenvalue weighted by molar-refractivity contribution is -0.139. The van der Waals surface area contributed by atoms with Crippen molar-refractivity contribution in [3.05, 3.63) is 24.3 Å². The third kappa shape index (κ3) is 3.58. The molecule has 0 saturated carbocycles. The highest BCUT2D eigenvalue weighted by molar-refractivity contribution is 5.73. The molecular weight excluding hydrogens is 206 g/mol. The van der Waals surface area contributed by atoms with Crippen molar-refractivity contribution in [2.45, 2.75) is 38.8 Å². The average molecular weight is 223 g/mol. The Hall–Kier alpha value is -1.49. The first-order valence-electron chi connectivity index (χ1n) is 5.40. The highest BCUT2D eigenvalue weighted by Gasteiger charge is 2.19. The van der Waals surface area contributed by atoms with Crippen LogP contribution in [0.25, 0.3) is 0 Å². The Morgan fingerprint density at radius 1 is 1.56 bits per heavy atom. The van der Waals surface area contributed by atoms with Crippen molar-refractivity contribution < 1.29 is 9.90 Å². The van der Waals surface area contributed by atoms with Crippen LogP contribution in [-0.4, -0.2) is 27.1 Å². The molecule has 0 fully saturated rings. The lowest BCUT2D eigenvalue weighted by Crippen LogP contribution is -2.38. The Kier molecular flexibility index (Phi) is 4.85. The number of rotatable bonds is 6. The van der Waals surface area contributed by atoms with E-state index in [0.717, 1.165) is 12.1 Å². The predicted molar refractivity (Wildman–Crippen MR) is 59.9 cm³/mol. The van der Waals surface area contributed by atoms with Crippen LogP contribution in [0.1, 0.15) is 38.4 Å². The number of carboxylic acid groups (broad SMARTS) is 1. The average Bonchev–Trinajstić information content (AvgIpc) is 2.29. The lowest BCUT2D eigenvalue weighted by Gasteiger charge is -2.18. The summed E-state index contributed by atoms with van der Waals surface area (Å²) >= 11 is 0. The fourth-order valence-corrected chi connectivity index (χ4v) is 1.49. The van der Waals surface area contributed by atoms with E-state index in [9.17, 15) is 4.79 Å². The van der Waals surface area contributed by atoms with E-state index in [-0.39, 0.29) is 6.04 Å². The highest BCUT2D eigenvalue weighted by Crippen LogP contribution is 2.10. The van der Waals surface area contributed by atoms with Crippen molar-refractivity contribution in [3.63, 3.8) is 0 Å². The van der Waals surface area contributed by atoms with Gasteiger partial charge in [0.1, 0.15) is 6.04 Å². The summed E-state index contributed by atoms with van der Waals surface area (Å²) in [5.41, 5.74) is 0.754. The summed E-state index contributed by atoms with van der Waals surface area (Å²) in [6, 6.07) is -0.636. The highest BCUT2D eigenvalue weighted by atomic mass is 16.4. The molecule has 0 saturated heterocycles. The van der Waals surface area contributed by atoms with Crippen LogP contribution in [0.5, 0.6) is 0 Å². The minimum absolute atomic E-state index is 0.110. The summed E-state index contributed by atoms with van der Waals surface area (Å²) in [7, 11) is 0. The molecule has 0 aliphatic rings. The van der Waals surface area contributed by atoms with Crippen molar-refractivity contribution in [1.82, 2.24) is 15.3 Å². The first-order valence-corrected chi connectivity index (χ1v) is 5.40. The van der Waals surface area contributed by atoms with E-state index in [1.165, 1.54) is 0 Å². The number of hydrogen-bond donors (Lipinski definition) is 2. The summed E-state index contributed by atoms with van der Waals surface area (Å²) in [5, 5.41) is 12.0. The Balaban J connectivity index is 2.61. The number of nitrogens with zero attached hydrogens (tertiary/aromatic N) is 2. The van der Waals surface area contributed by atoms with Crippen LogP contribution < -0.4 is 5.32 Å². The second-order valence-electron chi connectivity index (χ2n) is 3.70. The molecule has 88 valence electrons. The zero-order chi connectivity index (χ0) is 12.0. The van der Waals surface area contributed by atoms with Gasteiger partial charge in [0, 0.05) is 24.6 Å². The van der Waals surface area contributed by atoms with Crippen molar-refractivity contribution in [1.29, 1.82) is 0 Å². The SMILES string of the molecule is CCCC(NC(C)c1cnccn1)C(=O)O. The molecule has 2 unspecified atom stereocenters. The molecule has 2 atom stereocenters. The fraction of sp³-hybridized carbons (Fsp3) is 0.545. The Bertz CT molecular complexity index is 329. The van der Waals surface area contributed by atoms with E-state index in [0.29, 0.717) is 6.42 Å². The van der Waals surface area contributed by atoms with Gasteiger partial charge in [0.05, 0.1) is 5.69 Å². The van der Waals surface area contributed by atoms with Crippen molar-refractivity contribution in [2.24, 2.45) is 0 Å². The van der Waals surface area contributed by atoms with Gasteiger partial charge < -0.3 is 5.11 Å². The van der Waals surface area contributed by atoms with E-state index in [2.05, 4.69) is 15.3 Å². The molecule has 1 heterocycles. The van der Waals surface area contributed by atoms with Crippen LogP contribution in [0.2, 0.25) is 0 Å². The quantitative estimate of drug-likeness (QED) is 0.762. The van der Waals surface area contributed by atoms with Crippen LogP contribution in [-0.2, 0) is 4.79 Å². The number of carboxylic acids is 1. The molecule has 16 heavy (non-hydrogen) atoms. The Labute approximate surface area is 94.9 Å². The van der Waals surface area contributed by atoms with Gasteiger partial charge in [-0.25, -0.2) is 0 Å². The predicted octanol–water partition coefficient (Wildman–Crippen LogP) is 1.38. The smallest absolute Gasteiger partial charge is 0.320 e. The molecule has 1 aromatic heterocycles. The summed E-state index contributed by atoms with van der Waals surface area (Å²) in [4.78, 5) is 19.0. The molecule has 0 radical (unpaired) electrons. The zero-order valence-electron chi connectivity index (χ0n) is 9.55. The molecule has 5 heteroatoms. The van der Waals surface area contributed by atoms with E-state index in [1.807, 2.05) is 13.8 Å². The van der Waals surface area contributed by atoms with Gasteiger partial charge >= 0.3 is 5.97 Å². The zero-order valence-corrected chi connectivity index (χ0v) is 9.55. The van der Waals surface area contributed by atoms with E-state index in [1.54, 1.807) is 18.6 Å². The number of carbonyl (C=O) groups is 1. The molecular formula is C11H17N3O2. The van der Waals surface area contributed by atoms with Gasteiger partial charge in [0.15, 0.2) is 0 Å². The Morgan fingerprint density at radius 3 is 2.81 bits per heavy atom. The van der Waals surface area contributed by atoms with Crippen LogP contribution in [0.4, 0.5) is 0 Å². The van der Waals surface area contributed by atoms with E-state index < -0.39 is 12.0 Å². The standard InChI is InChI=1S/C11H17N3O2/c1-3-4-9(11(15)16)14-8(2)10-7-12-5-6-13-10/h5-9,14H,3-4H2,1-2H3,(H,15,16). The maximum absolute atomic E-state index is 11.0. The normalized spacial score (nSPS) is 14.4. The van der Waals surface area contributed by atoms with Crippen LogP contribution >= 0.6 is 0 Å². The molecule has 0 aliphatic carbocycles. The number of aromatic nitrogens is 2. The molecule has 0 amide bonds. The topological polar surface area (TPSA) is 75.1 Å². The summed E-state index contributed by atoms with van der Waals surface area (Å²) in [6.45, 7) is 3.85. The second-order valence-corrected chi connectivity index (χ2v) is 3.70. The number of nitrogens with one attached hydrogen (secondary N) is 1. The molecule has 0 spiro atoms. The number of hydrogen-bond acceptors (Lipinski definition) is 4. The van der Waals surface area contributed by atoms with Gasteiger partial charge in [-0.2, -0.15) is 0 Å². The van der Waals surface area contributed by atoms with E-state index >= 15 is 0 Å². The second kappa shape index (κ2) is 6.17. The molecule has 2 N–H and O–H groups in total. The first kappa shape index (κ1) is 12.6. The van der Waals surface area contributed by atoms with Gasteiger partial charge in [0.2, 0.25) is 0 Å². The third-order valence-electron chi connectivity index (χ3n) is 2.35. The van der Waals surface area contributed by atoms with Crippen LogP contribution in [0, 0.1) is 0 Å². The van der Waals surface area contributed by atoms with Gasteiger partial charge in [-0.3, -0.25) is 20.1 Å². The van der Waals surface area contributed by atoms with Gasteiger partial charge in [-0.1, -0.05) is 13.3 Å². The number of aliphatic carboxylic acids is 1. The molecule has 5 nitrogen and oxygen atoms in total. The molecule has 1 rings (SSSR count). The van der Waals surface area contributed by atoms with Crippen molar-refractivity contribution in [2.75, 3.05) is 0 Å². The van der Waals surface area contributed by atoms with Crippen molar-refractivity contribution >= 4 is 5.97 Å². The van der Waals surface area contributed by atoms with Gasteiger partial charge in [-0.05, 0) is 13.3 Å². The summed E-state index contributed by atoms with van der Waals surface area (Å²) in [5.74, 6) is -0.822. The fourth-order valence-electron chi connectivity index (χ4n) is 1.49. The largest absolute Gasteiger partial charge is 0.480 e. The van der Waals surface area contributed by atoms with Crippen LogP contribution in [0.3, 0.4) is 0 Å².